The average molecular weight is 625 g/mol. The minimum atomic E-state index is -0.728. The molecule has 0 amide bonds. The van der Waals surface area contributed by atoms with Crippen molar-refractivity contribution in [2.75, 3.05) is 0 Å². The first kappa shape index (κ1) is 35.0. The van der Waals surface area contributed by atoms with Gasteiger partial charge in [-0.15, -0.1) is 0 Å². The van der Waals surface area contributed by atoms with E-state index in [1.54, 1.807) is 0 Å². The first-order chi connectivity index (χ1) is 20.7. The number of aliphatic hydroxyl groups excluding tert-OH is 1. The highest BCUT2D eigenvalue weighted by molar-refractivity contribution is 5.17. The van der Waals surface area contributed by atoms with Gasteiger partial charge in [0.2, 0.25) is 0 Å². The third-order valence-corrected chi connectivity index (χ3v) is 13.2. The molecule has 0 aromatic heterocycles. The fraction of sp³-hybridized carbons (Fsp3) is 1.00. The number of rotatable bonds is 8. The van der Waals surface area contributed by atoms with Crippen molar-refractivity contribution >= 4 is 0 Å². The Bertz CT molecular complexity index is 960. The molecule has 0 radical (unpaired) electrons. The van der Waals surface area contributed by atoms with Gasteiger partial charge in [0, 0.05) is 29.6 Å². The molecule has 4 saturated heterocycles. The van der Waals surface area contributed by atoms with Crippen LogP contribution in [0.5, 0.6) is 0 Å². The van der Waals surface area contributed by atoms with Crippen LogP contribution in [0.1, 0.15) is 103 Å². The predicted molar refractivity (Wildman–Crippen MR) is 169 cm³/mol. The fourth-order valence-corrected chi connectivity index (χ4v) is 9.16. The van der Waals surface area contributed by atoms with Crippen molar-refractivity contribution in [2.45, 2.75) is 176 Å². The maximum Gasteiger partial charge on any atom is 0.163 e. The number of ether oxygens (including phenoxy) is 7. The molecular weight excluding hydrogens is 560 g/mol. The molecule has 21 atom stereocenters. The summed E-state index contributed by atoms with van der Waals surface area (Å²) in [5, 5.41) is 11.6. The molecule has 11 unspecified atom stereocenters. The molecule has 0 bridgehead atoms. The van der Waals surface area contributed by atoms with Gasteiger partial charge in [0.05, 0.1) is 48.3 Å². The van der Waals surface area contributed by atoms with Crippen LogP contribution < -0.4 is 0 Å². The molecular formula is C36H64O8. The van der Waals surface area contributed by atoms with Crippen LogP contribution in [0.3, 0.4) is 0 Å². The SMILES string of the molecule is CCC1O[C@H](C)C(C)C(C)[C@@H]1O[C@H]1OC(C)[C@@H]2[C@@H](C1C)C2(C)O[C@@H]1OC(CC)[C@H](O[C@H]2OC(C)[C@@H](C)C(C)C2C)[C@H](O)C1C. The highest BCUT2D eigenvalue weighted by Gasteiger charge is 2.72. The Balaban J connectivity index is 1.25. The zero-order chi connectivity index (χ0) is 32.4. The highest BCUT2D eigenvalue weighted by atomic mass is 16.7. The lowest BCUT2D eigenvalue weighted by atomic mass is 9.79. The average Bonchev–Trinajstić information content (AvgIpc) is 3.62. The maximum absolute atomic E-state index is 11.6. The molecule has 5 rings (SSSR count). The van der Waals surface area contributed by atoms with Gasteiger partial charge in [-0.05, 0) is 64.2 Å². The lowest BCUT2D eigenvalue weighted by molar-refractivity contribution is -0.339. The topological polar surface area (TPSA) is 84.8 Å². The van der Waals surface area contributed by atoms with Gasteiger partial charge in [-0.3, -0.25) is 0 Å². The second-order valence-electron chi connectivity index (χ2n) is 15.7. The van der Waals surface area contributed by atoms with Crippen molar-refractivity contribution in [1.82, 2.24) is 0 Å². The molecule has 5 fully saturated rings. The zero-order valence-corrected chi connectivity index (χ0v) is 29.8. The van der Waals surface area contributed by atoms with Crippen LogP contribution in [0.25, 0.3) is 0 Å². The summed E-state index contributed by atoms with van der Waals surface area (Å²) in [7, 11) is 0. The minimum Gasteiger partial charge on any atom is -0.390 e. The van der Waals surface area contributed by atoms with Crippen molar-refractivity contribution in [1.29, 1.82) is 0 Å². The number of hydrogen-bond donors (Lipinski definition) is 1. The number of hydrogen-bond acceptors (Lipinski definition) is 8. The first-order valence-electron chi connectivity index (χ1n) is 17.9. The Morgan fingerprint density at radius 2 is 1.05 bits per heavy atom. The lowest BCUT2D eigenvalue weighted by Crippen LogP contribution is -2.58. The molecule has 0 aromatic carbocycles. The standard InChI is InChI=1S/C36H64O8/c1-14-26-31(19(6)18(5)23(10)38-26)42-34-21(8)28-29(25(12)40-34)36(28,13)44-35-22(9)30(37)32(27(15-2)41-35)43-33-20(7)16(3)17(4)24(11)39-33/h16-35,37H,14-15H2,1-13H3/t16?,17-,18?,19?,20?,21?,22?,23+,24?,25?,26?,27?,28+,29+,30+,31-,32-,33+,34+,35-,36?/m0/s1. The molecule has 1 saturated carbocycles. The van der Waals surface area contributed by atoms with Gasteiger partial charge < -0.3 is 38.3 Å². The Morgan fingerprint density at radius 1 is 0.523 bits per heavy atom. The van der Waals surface area contributed by atoms with Gasteiger partial charge in [0.25, 0.3) is 0 Å². The van der Waals surface area contributed by atoms with Crippen LogP contribution >= 0.6 is 0 Å². The van der Waals surface area contributed by atoms with E-state index in [4.69, 9.17) is 33.2 Å². The summed E-state index contributed by atoms with van der Waals surface area (Å²) in [6, 6.07) is 0. The van der Waals surface area contributed by atoms with E-state index >= 15 is 0 Å². The van der Waals surface area contributed by atoms with E-state index in [9.17, 15) is 5.11 Å². The van der Waals surface area contributed by atoms with Crippen LogP contribution in [0, 0.1) is 53.3 Å². The van der Waals surface area contributed by atoms with E-state index < -0.39 is 24.1 Å². The molecule has 1 N–H and O–H groups in total. The number of fused-ring (bicyclic) bond motifs is 1. The molecule has 1 aliphatic carbocycles. The molecule has 0 spiro atoms. The normalized spacial score (nSPS) is 58.0. The second kappa shape index (κ2) is 13.3. The molecule has 44 heavy (non-hydrogen) atoms. The third-order valence-electron chi connectivity index (χ3n) is 13.2. The predicted octanol–water partition coefficient (Wildman–Crippen LogP) is 6.41. The zero-order valence-electron chi connectivity index (χ0n) is 29.8. The monoisotopic (exact) mass is 624 g/mol. The summed E-state index contributed by atoms with van der Waals surface area (Å²) < 4.78 is 46.2. The molecule has 5 aliphatic rings. The fourth-order valence-electron chi connectivity index (χ4n) is 9.16. The van der Waals surface area contributed by atoms with Crippen molar-refractivity contribution in [2.24, 2.45) is 53.3 Å². The molecule has 4 heterocycles. The smallest absolute Gasteiger partial charge is 0.163 e. The molecule has 256 valence electrons. The van der Waals surface area contributed by atoms with E-state index in [0.29, 0.717) is 30.1 Å². The van der Waals surface area contributed by atoms with Gasteiger partial charge in [0.1, 0.15) is 6.10 Å². The molecule has 0 aromatic rings. The first-order valence-corrected chi connectivity index (χ1v) is 17.9. The van der Waals surface area contributed by atoms with Crippen molar-refractivity contribution in [3.8, 4) is 0 Å². The Kier molecular flexibility index (Phi) is 10.6. The largest absolute Gasteiger partial charge is 0.390 e. The molecule has 8 heteroatoms. The summed E-state index contributed by atoms with van der Waals surface area (Å²) in [5.74, 6) is 2.34. The van der Waals surface area contributed by atoms with E-state index in [1.807, 2.05) is 6.92 Å². The quantitative estimate of drug-likeness (QED) is 0.332. The highest BCUT2D eigenvalue weighted by Crippen LogP contribution is 2.64. The van der Waals surface area contributed by atoms with Crippen molar-refractivity contribution < 1.29 is 38.3 Å². The van der Waals surface area contributed by atoms with Gasteiger partial charge in [-0.25, -0.2) is 0 Å². The van der Waals surface area contributed by atoms with Gasteiger partial charge >= 0.3 is 0 Å². The van der Waals surface area contributed by atoms with Crippen LogP contribution in [-0.2, 0) is 33.2 Å². The summed E-state index contributed by atoms with van der Waals surface area (Å²) in [6.07, 6.45) is -0.700. The van der Waals surface area contributed by atoms with Gasteiger partial charge in [0.15, 0.2) is 18.9 Å². The van der Waals surface area contributed by atoms with E-state index in [0.717, 1.165) is 6.42 Å². The third kappa shape index (κ3) is 6.06. The van der Waals surface area contributed by atoms with Gasteiger partial charge in [-0.2, -0.15) is 0 Å². The van der Waals surface area contributed by atoms with Crippen LogP contribution in [0.2, 0.25) is 0 Å². The second-order valence-corrected chi connectivity index (χ2v) is 15.7. The van der Waals surface area contributed by atoms with E-state index in [1.165, 1.54) is 0 Å². The summed E-state index contributed by atoms with van der Waals surface area (Å²) >= 11 is 0. The van der Waals surface area contributed by atoms with E-state index in [2.05, 4.69) is 83.1 Å². The minimum absolute atomic E-state index is 0.00235. The Labute approximate surface area is 267 Å². The maximum atomic E-state index is 11.6. The summed E-state index contributed by atoms with van der Waals surface area (Å²) in [4.78, 5) is 0. The summed E-state index contributed by atoms with van der Waals surface area (Å²) in [5.41, 5.74) is -0.426. The van der Waals surface area contributed by atoms with Crippen LogP contribution in [-0.4, -0.2) is 78.4 Å². The van der Waals surface area contributed by atoms with Crippen LogP contribution in [0.15, 0.2) is 0 Å². The van der Waals surface area contributed by atoms with Crippen LogP contribution in [0.4, 0.5) is 0 Å². The number of aliphatic hydroxyl groups is 1. The van der Waals surface area contributed by atoms with E-state index in [-0.39, 0.29) is 78.8 Å². The van der Waals surface area contributed by atoms with Gasteiger partial charge in [-0.1, -0.05) is 62.3 Å². The van der Waals surface area contributed by atoms with Crippen molar-refractivity contribution in [3.05, 3.63) is 0 Å². The molecule has 4 aliphatic heterocycles. The van der Waals surface area contributed by atoms with Crippen molar-refractivity contribution in [3.63, 3.8) is 0 Å². The summed E-state index contributed by atoms with van der Waals surface area (Å²) in [6.45, 7) is 28.4. The molecule has 8 nitrogen and oxygen atoms in total. The Morgan fingerprint density at radius 3 is 1.68 bits per heavy atom. The Hall–Kier alpha value is -0.320. The lowest BCUT2D eigenvalue weighted by Gasteiger charge is -2.48.